The Morgan fingerprint density at radius 3 is 2.58 bits per heavy atom. The van der Waals surface area contributed by atoms with Gasteiger partial charge in [-0.2, -0.15) is 0 Å². The second-order valence-corrected chi connectivity index (χ2v) is 5.12. The number of methoxy groups -OCH3 is 1. The summed E-state index contributed by atoms with van der Waals surface area (Å²) in [7, 11) is 1.64. The zero-order valence-corrected chi connectivity index (χ0v) is 11.8. The molecule has 0 radical (unpaired) electrons. The molecule has 1 heterocycles. The first kappa shape index (κ1) is 13.9. The number of carbonyl (C=O) groups excluding carboxylic acids is 1. The monoisotopic (exact) mass is 263 g/mol. The summed E-state index contributed by atoms with van der Waals surface area (Å²) in [4.78, 5) is 14.3. The number of ether oxygens (including phenoxy) is 1. The Bertz CT molecular complexity index is 461. The van der Waals surface area contributed by atoms with E-state index in [-0.39, 0.29) is 18.6 Å². The lowest BCUT2D eigenvalue weighted by Gasteiger charge is -2.23. The molecule has 19 heavy (non-hydrogen) atoms. The standard InChI is InChI=1S/C15H21NO3/c1-10-7-12(8-11(2)14(10)19-3)15(18)16-6-4-5-13(16)9-17/h7-8,13,17H,4-6,9H2,1-3H3/t13-/m0/s1. The number of carbonyl (C=O) groups is 1. The Morgan fingerprint density at radius 2 is 2.05 bits per heavy atom. The van der Waals surface area contributed by atoms with Crippen molar-refractivity contribution in [2.75, 3.05) is 20.3 Å². The molecular formula is C15H21NO3. The fourth-order valence-corrected chi connectivity index (χ4v) is 2.85. The third-order valence-electron chi connectivity index (χ3n) is 3.76. The average Bonchev–Trinajstić information content (AvgIpc) is 2.85. The second kappa shape index (κ2) is 5.61. The average molecular weight is 263 g/mol. The van der Waals surface area contributed by atoms with Crippen LogP contribution in [0.2, 0.25) is 0 Å². The minimum Gasteiger partial charge on any atom is -0.496 e. The van der Waals surface area contributed by atoms with Crippen molar-refractivity contribution in [3.8, 4) is 5.75 Å². The summed E-state index contributed by atoms with van der Waals surface area (Å²) in [5, 5.41) is 9.31. The molecule has 4 nitrogen and oxygen atoms in total. The summed E-state index contributed by atoms with van der Waals surface area (Å²) in [6.07, 6.45) is 1.85. The number of hydrogen-bond donors (Lipinski definition) is 1. The fourth-order valence-electron chi connectivity index (χ4n) is 2.85. The van der Waals surface area contributed by atoms with E-state index in [1.165, 1.54) is 0 Å². The number of aliphatic hydroxyl groups excluding tert-OH is 1. The molecule has 1 N–H and O–H groups in total. The lowest BCUT2D eigenvalue weighted by atomic mass is 10.0. The van der Waals surface area contributed by atoms with E-state index in [1.807, 2.05) is 26.0 Å². The van der Waals surface area contributed by atoms with Crippen LogP contribution in [-0.4, -0.2) is 42.2 Å². The Morgan fingerprint density at radius 1 is 1.42 bits per heavy atom. The van der Waals surface area contributed by atoms with Crippen LogP contribution in [0.25, 0.3) is 0 Å². The van der Waals surface area contributed by atoms with Crippen molar-refractivity contribution in [2.24, 2.45) is 0 Å². The van der Waals surface area contributed by atoms with E-state index in [2.05, 4.69) is 0 Å². The SMILES string of the molecule is COc1c(C)cc(C(=O)N2CCC[C@H]2CO)cc1C. The van der Waals surface area contributed by atoms with Gasteiger partial charge in [0.2, 0.25) is 0 Å². The highest BCUT2D eigenvalue weighted by Crippen LogP contribution is 2.26. The van der Waals surface area contributed by atoms with E-state index in [9.17, 15) is 9.90 Å². The summed E-state index contributed by atoms with van der Waals surface area (Å²) in [5.74, 6) is 0.835. The van der Waals surface area contributed by atoms with Gasteiger partial charge in [-0.05, 0) is 49.9 Å². The first-order valence-electron chi connectivity index (χ1n) is 6.65. The van der Waals surface area contributed by atoms with Crippen molar-refractivity contribution < 1.29 is 14.6 Å². The molecule has 1 atom stereocenters. The smallest absolute Gasteiger partial charge is 0.254 e. The molecule has 1 aliphatic rings. The molecule has 0 spiro atoms. The van der Waals surface area contributed by atoms with Gasteiger partial charge in [-0.15, -0.1) is 0 Å². The quantitative estimate of drug-likeness (QED) is 0.906. The number of aryl methyl sites for hydroxylation is 2. The van der Waals surface area contributed by atoms with Crippen LogP contribution in [0.3, 0.4) is 0 Å². The minimum atomic E-state index is -0.0322. The number of likely N-dealkylation sites (tertiary alicyclic amines) is 1. The van der Waals surface area contributed by atoms with Gasteiger partial charge in [0.15, 0.2) is 0 Å². The lowest BCUT2D eigenvalue weighted by Crippen LogP contribution is -2.37. The molecule has 0 aliphatic carbocycles. The van der Waals surface area contributed by atoms with Crippen molar-refractivity contribution in [3.05, 3.63) is 28.8 Å². The van der Waals surface area contributed by atoms with Crippen LogP contribution >= 0.6 is 0 Å². The molecule has 4 heteroatoms. The highest BCUT2D eigenvalue weighted by Gasteiger charge is 2.29. The van der Waals surface area contributed by atoms with Gasteiger partial charge in [0.25, 0.3) is 5.91 Å². The van der Waals surface area contributed by atoms with Crippen LogP contribution in [0.5, 0.6) is 5.75 Å². The third-order valence-corrected chi connectivity index (χ3v) is 3.76. The van der Waals surface area contributed by atoms with Gasteiger partial charge in [-0.1, -0.05) is 0 Å². The van der Waals surface area contributed by atoms with E-state index < -0.39 is 0 Å². The van der Waals surface area contributed by atoms with Gasteiger partial charge in [0, 0.05) is 12.1 Å². The predicted octanol–water partition coefficient (Wildman–Crippen LogP) is 1.91. The second-order valence-electron chi connectivity index (χ2n) is 5.12. The summed E-state index contributed by atoms with van der Waals surface area (Å²) >= 11 is 0. The molecule has 2 rings (SSSR count). The fraction of sp³-hybridized carbons (Fsp3) is 0.533. The molecule has 0 saturated carbocycles. The van der Waals surface area contributed by atoms with Crippen LogP contribution in [0, 0.1) is 13.8 Å². The topological polar surface area (TPSA) is 49.8 Å². The molecule has 0 unspecified atom stereocenters. The van der Waals surface area contributed by atoms with Gasteiger partial charge in [0.05, 0.1) is 19.8 Å². The largest absolute Gasteiger partial charge is 0.496 e. The maximum atomic E-state index is 12.5. The Balaban J connectivity index is 2.29. The molecule has 0 bridgehead atoms. The van der Waals surface area contributed by atoms with E-state index in [0.29, 0.717) is 5.56 Å². The van der Waals surface area contributed by atoms with Crippen LogP contribution in [0.1, 0.15) is 34.3 Å². The number of aliphatic hydroxyl groups is 1. The highest BCUT2D eigenvalue weighted by molar-refractivity contribution is 5.95. The van der Waals surface area contributed by atoms with E-state index in [4.69, 9.17) is 4.74 Å². The summed E-state index contributed by atoms with van der Waals surface area (Å²) in [6, 6.07) is 3.69. The number of nitrogens with zero attached hydrogens (tertiary/aromatic N) is 1. The molecule has 1 aromatic rings. The van der Waals surface area contributed by atoms with Gasteiger partial charge in [-0.3, -0.25) is 4.79 Å². The number of benzene rings is 1. The normalized spacial score (nSPS) is 18.7. The molecule has 1 aliphatic heterocycles. The number of rotatable bonds is 3. The van der Waals surface area contributed by atoms with Crippen LogP contribution in [0.15, 0.2) is 12.1 Å². The van der Waals surface area contributed by atoms with E-state index >= 15 is 0 Å². The van der Waals surface area contributed by atoms with Crippen molar-refractivity contribution in [3.63, 3.8) is 0 Å². The van der Waals surface area contributed by atoms with Crippen LogP contribution < -0.4 is 4.74 Å². The maximum Gasteiger partial charge on any atom is 0.254 e. The predicted molar refractivity (Wildman–Crippen MR) is 73.6 cm³/mol. The molecule has 104 valence electrons. The Labute approximate surface area is 114 Å². The summed E-state index contributed by atoms with van der Waals surface area (Å²) in [6.45, 7) is 4.65. The van der Waals surface area contributed by atoms with Crippen LogP contribution in [-0.2, 0) is 0 Å². The van der Waals surface area contributed by atoms with Gasteiger partial charge < -0.3 is 14.7 Å². The lowest BCUT2D eigenvalue weighted by molar-refractivity contribution is 0.0677. The highest BCUT2D eigenvalue weighted by atomic mass is 16.5. The van der Waals surface area contributed by atoms with E-state index in [0.717, 1.165) is 36.3 Å². The Kier molecular flexibility index (Phi) is 4.10. The minimum absolute atomic E-state index is 0.00500. The molecule has 1 amide bonds. The van der Waals surface area contributed by atoms with Crippen molar-refractivity contribution in [2.45, 2.75) is 32.7 Å². The summed E-state index contributed by atoms with van der Waals surface area (Å²) < 4.78 is 5.31. The first-order chi connectivity index (χ1) is 9.08. The van der Waals surface area contributed by atoms with Crippen LogP contribution in [0.4, 0.5) is 0 Å². The third kappa shape index (κ3) is 2.59. The number of amides is 1. The van der Waals surface area contributed by atoms with Crippen molar-refractivity contribution >= 4 is 5.91 Å². The molecule has 1 fully saturated rings. The molecule has 1 saturated heterocycles. The number of hydrogen-bond acceptors (Lipinski definition) is 3. The van der Waals surface area contributed by atoms with E-state index in [1.54, 1.807) is 12.0 Å². The molecule has 0 aromatic heterocycles. The zero-order valence-electron chi connectivity index (χ0n) is 11.8. The first-order valence-corrected chi connectivity index (χ1v) is 6.65. The molecule has 1 aromatic carbocycles. The van der Waals surface area contributed by atoms with Crippen molar-refractivity contribution in [1.82, 2.24) is 4.90 Å². The Hall–Kier alpha value is -1.55. The van der Waals surface area contributed by atoms with Gasteiger partial charge >= 0.3 is 0 Å². The van der Waals surface area contributed by atoms with Gasteiger partial charge in [0.1, 0.15) is 5.75 Å². The zero-order chi connectivity index (χ0) is 14.0. The van der Waals surface area contributed by atoms with Gasteiger partial charge in [-0.25, -0.2) is 0 Å². The maximum absolute atomic E-state index is 12.5. The van der Waals surface area contributed by atoms with Crippen molar-refractivity contribution in [1.29, 1.82) is 0 Å². The summed E-state index contributed by atoms with van der Waals surface area (Å²) in [5.41, 5.74) is 2.60. The molecular weight excluding hydrogens is 242 g/mol.